The standard InChI is InChI=1S/C9H10N4O2S.ClH/c1-5-6(7(14)15)16-9(12-5)13-8-10-3-2-4-11-8;/h3H,2,4H2,1H3,(H,14,15)(H,11,12,13);1H. The van der Waals surface area contributed by atoms with E-state index in [1.54, 1.807) is 13.1 Å². The van der Waals surface area contributed by atoms with Crippen LogP contribution in [0.3, 0.4) is 0 Å². The molecule has 2 rings (SSSR count). The Balaban J connectivity index is 0.00000144. The molecule has 1 aliphatic heterocycles. The highest BCUT2D eigenvalue weighted by Gasteiger charge is 2.14. The smallest absolute Gasteiger partial charge is 0.347 e. The number of thiazole rings is 1. The van der Waals surface area contributed by atoms with Gasteiger partial charge in [0.05, 0.1) is 5.69 Å². The highest BCUT2D eigenvalue weighted by molar-refractivity contribution is 7.17. The molecular weight excluding hydrogens is 264 g/mol. The van der Waals surface area contributed by atoms with E-state index in [0.717, 1.165) is 24.3 Å². The number of rotatable bonds is 2. The summed E-state index contributed by atoms with van der Waals surface area (Å²) in [5.41, 5.74) is 0.483. The molecule has 2 N–H and O–H groups in total. The van der Waals surface area contributed by atoms with Crippen molar-refractivity contribution in [1.82, 2.24) is 10.3 Å². The van der Waals surface area contributed by atoms with E-state index >= 15 is 0 Å². The maximum atomic E-state index is 10.8. The third-order valence-corrected chi connectivity index (χ3v) is 2.99. The number of aliphatic imine (C=N–C) groups is 2. The van der Waals surface area contributed by atoms with Crippen LogP contribution in [0.5, 0.6) is 0 Å². The predicted octanol–water partition coefficient (Wildman–Crippen LogP) is 1.62. The fourth-order valence-corrected chi connectivity index (χ4v) is 2.01. The van der Waals surface area contributed by atoms with Gasteiger partial charge in [-0.1, -0.05) is 11.3 Å². The van der Waals surface area contributed by atoms with Crippen molar-refractivity contribution in [3.8, 4) is 0 Å². The van der Waals surface area contributed by atoms with E-state index in [0.29, 0.717) is 16.8 Å². The van der Waals surface area contributed by atoms with Crippen LogP contribution in [0.2, 0.25) is 0 Å². The number of hydrogen-bond donors (Lipinski definition) is 2. The van der Waals surface area contributed by atoms with Crippen LogP contribution >= 0.6 is 23.7 Å². The molecule has 0 spiro atoms. The van der Waals surface area contributed by atoms with Gasteiger partial charge in [0, 0.05) is 19.2 Å². The summed E-state index contributed by atoms with van der Waals surface area (Å²) in [7, 11) is 0. The fraction of sp³-hybridized carbons (Fsp3) is 0.333. The van der Waals surface area contributed by atoms with Crippen molar-refractivity contribution in [3.05, 3.63) is 10.6 Å². The minimum absolute atomic E-state index is 0. The molecular formula is C9H11ClN4O2S. The van der Waals surface area contributed by atoms with E-state index in [2.05, 4.69) is 20.3 Å². The average Bonchev–Trinajstić information content (AvgIpc) is 2.61. The number of hydrogen-bond acceptors (Lipinski definition) is 4. The van der Waals surface area contributed by atoms with E-state index < -0.39 is 5.97 Å². The molecule has 92 valence electrons. The maximum absolute atomic E-state index is 10.8. The summed E-state index contributed by atoms with van der Waals surface area (Å²) in [6, 6.07) is 0. The summed E-state index contributed by atoms with van der Waals surface area (Å²) in [5.74, 6) is -0.488. The fourth-order valence-electron chi connectivity index (χ4n) is 1.23. The normalized spacial score (nSPS) is 16.4. The Bertz CT molecular complexity index is 483. The predicted molar refractivity (Wildman–Crippen MR) is 69.3 cm³/mol. The molecule has 6 nitrogen and oxygen atoms in total. The number of guanidine groups is 1. The summed E-state index contributed by atoms with van der Waals surface area (Å²) in [6.45, 7) is 2.44. The van der Waals surface area contributed by atoms with E-state index in [1.165, 1.54) is 0 Å². The van der Waals surface area contributed by atoms with Crippen LogP contribution in [0.4, 0.5) is 5.13 Å². The lowest BCUT2D eigenvalue weighted by atomic mass is 10.4. The average molecular weight is 275 g/mol. The summed E-state index contributed by atoms with van der Waals surface area (Å²) in [4.78, 5) is 23.3. The second-order valence-electron chi connectivity index (χ2n) is 3.18. The zero-order chi connectivity index (χ0) is 11.5. The quantitative estimate of drug-likeness (QED) is 0.858. The SMILES string of the molecule is Cc1nc(N=C2N=CCCN2)sc1C(=O)O.Cl. The molecule has 0 saturated heterocycles. The van der Waals surface area contributed by atoms with Gasteiger partial charge < -0.3 is 10.4 Å². The van der Waals surface area contributed by atoms with Crippen molar-refractivity contribution >= 4 is 47.0 Å². The first-order valence-electron chi connectivity index (χ1n) is 4.72. The summed E-state index contributed by atoms with van der Waals surface area (Å²) in [6.07, 6.45) is 2.64. The zero-order valence-corrected chi connectivity index (χ0v) is 10.6. The largest absolute Gasteiger partial charge is 0.477 e. The van der Waals surface area contributed by atoms with Crippen molar-refractivity contribution in [3.63, 3.8) is 0 Å². The first-order valence-corrected chi connectivity index (χ1v) is 5.54. The number of carboxylic acids is 1. The first-order chi connectivity index (χ1) is 7.66. The Morgan fingerprint density at radius 1 is 1.65 bits per heavy atom. The second kappa shape index (κ2) is 5.74. The number of nitrogens with zero attached hydrogens (tertiary/aromatic N) is 3. The van der Waals surface area contributed by atoms with Crippen LogP contribution in [0.25, 0.3) is 0 Å². The molecule has 17 heavy (non-hydrogen) atoms. The Kier molecular flexibility index (Phi) is 4.59. The molecule has 0 saturated carbocycles. The lowest BCUT2D eigenvalue weighted by Gasteiger charge is -2.06. The van der Waals surface area contributed by atoms with Crippen LogP contribution in [-0.4, -0.2) is 34.8 Å². The minimum Gasteiger partial charge on any atom is -0.477 e. The summed E-state index contributed by atoms with van der Waals surface area (Å²) >= 11 is 1.05. The first kappa shape index (κ1) is 13.6. The second-order valence-corrected chi connectivity index (χ2v) is 4.16. The molecule has 1 aliphatic rings. The molecule has 0 bridgehead atoms. The van der Waals surface area contributed by atoms with Crippen LogP contribution in [0.1, 0.15) is 21.8 Å². The molecule has 0 aliphatic carbocycles. The number of halogens is 1. The molecule has 0 atom stereocenters. The molecule has 0 unspecified atom stereocenters. The van der Waals surface area contributed by atoms with Gasteiger partial charge in [-0.15, -0.1) is 12.4 Å². The number of aryl methyl sites for hydroxylation is 1. The lowest BCUT2D eigenvalue weighted by Crippen LogP contribution is -2.26. The third-order valence-electron chi connectivity index (χ3n) is 1.95. The highest BCUT2D eigenvalue weighted by atomic mass is 35.5. The maximum Gasteiger partial charge on any atom is 0.347 e. The van der Waals surface area contributed by atoms with Gasteiger partial charge in [0.1, 0.15) is 4.88 Å². The number of aromatic carboxylic acids is 1. The number of aromatic nitrogens is 1. The van der Waals surface area contributed by atoms with Gasteiger partial charge in [0.25, 0.3) is 0 Å². The van der Waals surface area contributed by atoms with Crippen LogP contribution in [0, 0.1) is 6.92 Å². The third kappa shape index (κ3) is 3.24. The summed E-state index contributed by atoms with van der Waals surface area (Å²) in [5, 5.41) is 12.3. The Morgan fingerprint density at radius 2 is 2.41 bits per heavy atom. The molecule has 0 radical (unpaired) electrons. The molecule has 1 aromatic rings. The number of carbonyl (C=O) groups is 1. The van der Waals surface area contributed by atoms with E-state index in [-0.39, 0.29) is 17.3 Å². The monoisotopic (exact) mass is 274 g/mol. The Hall–Kier alpha value is -1.47. The zero-order valence-electron chi connectivity index (χ0n) is 9.01. The Labute approximate surface area is 108 Å². The molecule has 0 aromatic carbocycles. The van der Waals surface area contributed by atoms with Crippen molar-refractivity contribution in [2.75, 3.05) is 6.54 Å². The van der Waals surface area contributed by atoms with Crippen LogP contribution in [0.15, 0.2) is 9.98 Å². The molecule has 1 aromatic heterocycles. The van der Waals surface area contributed by atoms with Crippen LogP contribution < -0.4 is 5.32 Å². The van der Waals surface area contributed by atoms with Gasteiger partial charge in [-0.25, -0.2) is 14.8 Å². The van der Waals surface area contributed by atoms with Gasteiger partial charge in [0.2, 0.25) is 11.1 Å². The van der Waals surface area contributed by atoms with E-state index in [9.17, 15) is 4.79 Å². The van der Waals surface area contributed by atoms with Gasteiger partial charge in [-0.3, -0.25) is 0 Å². The molecule has 0 amide bonds. The van der Waals surface area contributed by atoms with Gasteiger partial charge in [0.15, 0.2) is 0 Å². The number of carboxylic acid groups (broad SMARTS) is 1. The van der Waals surface area contributed by atoms with E-state index in [1.807, 2.05) is 0 Å². The minimum atomic E-state index is -0.971. The van der Waals surface area contributed by atoms with Crippen molar-refractivity contribution in [2.24, 2.45) is 9.98 Å². The topological polar surface area (TPSA) is 86.9 Å². The highest BCUT2D eigenvalue weighted by Crippen LogP contribution is 2.25. The van der Waals surface area contributed by atoms with Gasteiger partial charge in [-0.05, 0) is 6.92 Å². The lowest BCUT2D eigenvalue weighted by molar-refractivity contribution is 0.0701. The molecule has 2 heterocycles. The molecule has 0 fully saturated rings. The number of nitrogens with one attached hydrogen (secondary N) is 1. The van der Waals surface area contributed by atoms with Crippen LogP contribution in [-0.2, 0) is 0 Å². The van der Waals surface area contributed by atoms with Gasteiger partial charge in [-0.2, -0.15) is 4.99 Å². The van der Waals surface area contributed by atoms with Crippen molar-refractivity contribution in [1.29, 1.82) is 0 Å². The summed E-state index contributed by atoms with van der Waals surface area (Å²) < 4.78 is 0. The van der Waals surface area contributed by atoms with E-state index in [4.69, 9.17) is 5.11 Å². The van der Waals surface area contributed by atoms with Crippen molar-refractivity contribution in [2.45, 2.75) is 13.3 Å². The van der Waals surface area contributed by atoms with Gasteiger partial charge >= 0.3 is 5.97 Å². The Morgan fingerprint density at radius 3 is 2.94 bits per heavy atom. The van der Waals surface area contributed by atoms with Crippen molar-refractivity contribution < 1.29 is 9.90 Å². The molecule has 8 heteroatoms.